The van der Waals surface area contributed by atoms with Gasteiger partial charge in [-0.1, -0.05) is 60.7 Å². The van der Waals surface area contributed by atoms with E-state index >= 15 is 0 Å². The van der Waals surface area contributed by atoms with Gasteiger partial charge in [0.15, 0.2) is 12.4 Å². The van der Waals surface area contributed by atoms with E-state index < -0.39 is 0 Å². The Bertz CT molecular complexity index is 1570. The van der Waals surface area contributed by atoms with Gasteiger partial charge >= 0.3 is 0 Å². The van der Waals surface area contributed by atoms with Crippen molar-refractivity contribution in [2.75, 3.05) is 45.9 Å². The number of amides is 2. The van der Waals surface area contributed by atoms with Crippen LogP contribution in [0.5, 0.6) is 5.75 Å². The number of benzene rings is 3. The van der Waals surface area contributed by atoms with Crippen molar-refractivity contribution in [3.8, 4) is 28.3 Å². The zero-order chi connectivity index (χ0) is 31.2. The number of hydrogen-bond acceptors (Lipinski definition) is 6. The van der Waals surface area contributed by atoms with Crippen LogP contribution in [0, 0.1) is 0 Å². The Labute approximate surface area is 264 Å². The lowest BCUT2D eigenvalue weighted by Gasteiger charge is -2.42. The molecule has 0 saturated carbocycles. The van der Waals surface area contributed by atoms with E-state index in [9.17, 15) is 14.4 Å². The maximum Gasteiger partial charge on any atom is 0.260 e. The SMILES string of the molecule is CC(=O)c1ccc(OCC(=O)N2CCC(N3CCN(C(=O)c4cc(-c5ccccc5)nc(-c5ccccc5)c4)CC3)CC2)cc1. The van der Waals surface area contributed by atoms with Gasteiger partial charge in [0.05, 0.1) is 11.4 Å². The molecule has 4 aromatic rings. The van der Waals surface area contributed by atoms with Gasteiger partial charge in [0.1, 0.15) is 5.75 Å². The number of carbonyl (C=O) groups is 3. The molecule has 230 valence electrons. The monoisotopic (exact) mass is 602 g/mol. The molecule has 0 spiro atoms. The van der Waals surface area contributed by atoms with Gasteiger partial charge in [-0.2, -0.15) is 0 Å². The number of carbonyl (C=O) groups excluding carboxylic acids is 3. The van der Waals surface area contributed by atoms with Crippen molar-refractivity contribution in [3.63, 3.8) is 0 Å². The van der Waals surface area contributed by atoms with Crippen LogP contribution in [0.2, 0.25) is 0 Å². The van der Waals surface area contributed by atoms with E-state index in [0.717, 1.165) is 48.4 Å². The lowest BCUT2D eigenvalue weighted by molar-refractivity contribution is -0.135. The molecule has 0 unspecified atom stereocenters. The van der Waals surface area contributed by atoms with Gasteiger partial charge in [0.2, 0.25) is 0 Å². The molecule has 2 saturated heterocycles. The smallest absolute Gasteiger partial charge is 0.260 e. The molecule has 2 aliphatic rings. The zero-order valence-electron chi connectivity index (χ0n) is 25.6. The Balaban J connectivity index is 1.02. The second kappa shape index (κ2) is 13.9. The van der Waals surface area contributed by atoms with Crippen molar-refractivity contribution in [2.45, 2.75) is 25.8 Å². The number of rotatable bonds is 8. The molecule has 1 aromatic heterocycles. The number of ether oxygens (including phenoxy) is 1. The highest BCUT2D eigenvalue weighted by Crippen LogP contribution is 2.26. The van der Waals surface area contributed by atoms with Gasteiger partial charge in [0.25, 0.3) is 11.8 Å². The third kappa shape index (κ3) is 7.29. The highest BCUT2D eigenvalue weighted by molar-refractivity contribution is 5.96. The first-order valence-corrected chi connectivity index (χ1v) is 15.6. The first kappa shape index (κ1) is 30.2. The fraction of sp³-hybridized carbons (Fsp3) is 0.297. The van der Waals surface area contributed by atoms with E-state index in [1.165, 1.54) is 6.92 Å². The summed E-state index contributed by atoms with van der Waals surface area (Å²) in [5, 5.41) is 0. The number of nitrogens with zero attached hydrogens (tertiary/aromatic N) is 4. The summed E-state index contributed by atoms with van der Waals surface area (Å²) in [4.78, 5) is 49.2. The number of pyridine rings is 1. The third-order valence-electron chi connectivity index (χ3n) is 8.77. The van der Waals surface area contributed by atoms with Crippen molar-refractivity contribution < 1.29 is 19.1 Å². The van der Waals surface area contributed by atoms with Crippen LogP contribution < -0.4 is 4.74 Å². The molecule has 6 rings (SSSR count). The van der Waals surface area contributed by atoms with Crippen LogP contribution in [-0.2, 0) is 4.79 Å². The first-order valence-electron chi connectivity index (χ1n) is 15.6. The van der Waals surface area contributed by atoms with Crippen molar-refractivity contribution in [2.24, 2.45) is 0 Å². The molecule has 2 fully saturated rings. The molecule has 2 aliphatic heterocycles. The summed E-state index contributed by atoms with van der Waals surface area (Å²) in [6.07, 6.45) is 1.80. The highest BCUT2D eigenvalue weighted by Gasteiger charge is 2.31. The molecule has 2 amide bonds. The number of piperazine rings is 1. The molecule has 8 heteroatoms. The Morgan fingerprint density at radius 2 is 1.24 bits per heavy atom. The normalized spacial score (nSPS) is 15.9. The van der Waals surface area contributed by atoms with E-state index in [4.69, 9.17) is 9.72 Å². The lowest BCUT2D eigenvalue weighted by atomic mass is 10.0. The highest BCUT2D eigenvalue weighted by atomic mass is 16.5. The molecule has 0 atom stereocenters. The standard InChI is InChI=1S/C37H38N4O4/c1-27(42)28-12-14-33(15-13-28)45-26-36(43)40-18-16-32(17-19-40)39-20-22-41(23-21-39)37(44)31-24-34(29-8-4-2-5-9-29)38-35(25-31)30-10-6-3-7-11-30/h2-15,24-25,32H,16-23,26H2,1H3. The summed E-state index contributed by atoms with van der Waals surface area (Å²) >= 11 is 0. The molecule has 0 bridgehead atoms. The Morgan fingerprint density at radius 1 is 0.689 bits per heavy atom. The molecule has 3 aromatic carbocycles. The molecule has 0 N–H and O–H groups in total. The predicted octanol–water partition coefficient (Wildman–Crippen LogP) is 5.45. The van der Waals surface area contributed by atoms with Gasteiger partial charge in [-0.15, -0.1) is 0 Å². The van der Waals surface area contributed by atoms with Gasteiger partial charge in [0, 0.05) is 67.6 Å². The van der Waals surface area contributed by atoms with E-state index in [1.807, 2.05) is 82.6 Å². The molecular weight excluding hydrogens is 564 g/mol. The van der Waals surface area contributed by atoms with Crippen LogP contribution in [0.3, 0.4) is 0 Å². The minimum atomic E-state index is -0.0263. The maximum atomic E-state index is 13.8. The second-order valence-electron chi connectivity index (χ2n) is 11.7. The molecule has 3 heterocycles. The first-order chi connectivity index (χ1) is 21.9. The summed E-state index contributed by atoms with van der Waals surface area (Å²) in [5.41, 5.74) is 4.81. The van der Waals surface area contributed by atoms with Crippen LogP contribution in [0.15, 0.2) is 97.1 Å². The van der Waals surface area contributed by atoms with Gasteiger partial charge in [-0.25, -0.2) is 4.98 Å². The number of ketones is 1. The fourth-order valence-electron chi connectivity index (χ4n) is 6.14. The number of likely N-dealkylation sites (tertiary alicyclic amines) is 1. The van der Waals surface area contributed by atoms with E-state index in [-0.39, 0.29) is 24.2 Å². The summed E-state index contributed by atoms with van der Waals surface area (Å²) in [6.45, 7) is 5.84. The molecule has 8 nitrogen and oxygen atoms in total. The van der Waals surface area contributed by atoms with Gasteiger partial charge in [-0.3, -0.25) is 19.3 Å². The average Bonchev–Trinajstić information content (AvgIpc) is 3.11. The average molecular weight is 603 g/mol. The number of piperidine rings is 1. The van der Waals surface area contributed by atoms with Gasteiger partial charge < -0.3 is 14.5 Å². The summed E-state index contributed by atoms with van der Waals surface area (Å²) in [7, 11) is 0. The summed E-state index contributed by atoms with van der Waals surface area (Å²) in [6, 6.07) is 31.0. The second-order valence-corrected chi connectivity index (χ2v) is 11.7. The Hall–Kier alpha value is -4.82. The largest absolute Gasteiger partial charge is 0.484 e. The molecule has 0 aliphatic carbocycles. The number of Topliss-reactive ketones (excluding diaryl/α,β-unsaturated/α-hetero) is 1. The minimum absolute atomic E-state index is 0.00268. The van der Waals surface area contributed by atoms with E-state index in [1.54, 1.807) is 24.3 Å². The molecule has 45 heavy (non-hydrogen) atoms. The zero-order valence-corrected chi connectivity index (χ0v) is 25.6. The quantitative estimate of drug-likeness (QED) is 0.250. The van der Waals surface area contributed by atoms with Crippen LogP contribution in [0.4, 0.5) is 0 Å². The van der Waals surface area contributed by atoms with Crippen LogP contribution in [0.25, 0.3) is 22.5 Å². The lowest BCUT2D eigenvalue weighted by Crippen LogP contribution is -2.55. The number of hydrogen-bond donors (Lipinski definition) is 0. The van der Waals surface area contributed by atoms with Crippen LogP contribution >= 0.6 is 0 Å². The van der Waals surface area contributed by atoms with Crippen molar-refractivity contribution >= 4 is 17.6 Å². The summed E-state index contributed by atoms with van der Waals surface area (Å²) in [5.74, 6) is 0.580. The number of aromatic nitrogens is 1. The van der Waals surface area contributed by atoms with Crippen molar-refractivity contribution in [1.29, 1.82) is 0 Å². The van der Waals surface area contributed by atoms with E-state index in [2.05, 4.69) is 4.90 Å². The van der Waals surface area contributed by atoms with Crippen molar-refractivity contribution in [1.82, 2.24) is 19.7 Å². The molecular formula is C37H38N4O4. The maximum absolute atomic E-state index is 13.8. The van der Waals surface area contributed by atoms with Crippen LogP contribution in [-0.4, -0.2) is 89.2 Å². The minimum Gasteiger partial charge on any atom is -0.484 e. The molecule has 0 radical (unpaired) electrons. The predicted molar refractivity (Wildman–Crippen MR) is 174 cm³/mol. The Morgan fingerprint density at radius 3 is 1.78 bits per heavy atom. The summed E-state index contributed by atoms with van der Waals surface area (Å²) < 4.78 is 5.68. The van der Waals surface area contributed by atoms with Crippen LogP contribution in [0.1, 0.15) is 40.5 Å². The van der Waals surface area contributed by atoms with E-state index in [0.29, 0.717) is 49.1 Å². The Kier molecular flexibility index (Phi) is 9.31. The fourth-order valence-corrected chi connectivity index (χ4v) is 6.14. The van der Waals surface area contributed by atoms with Gasteiger partial charge in [-0.05, 0) is 56.2 Å². The third-order valence-corrected chi connectivity index (χ3v) is 8.77. The van der Waals surface area contributed by atoms with Crippen molar-refractivity contribution in [3.05, 3.63) is 108 Å². The topological polar surface area (TPSA) is 83.1 Å².